The Morgan fingerprint density at radius 2 is 0.595 bits per heavy atom. The van der Waals surface area contributed by atoms with E-state index in [-0.39, 0.29) is 18.5 Å². The van der Waals surface area contributed by atoms with Crippen LogP contribution in [0.1, 0.15) is 393 Å². The lowest BCUT2D eigenvalue weighted by atomic mass is 10.0. The van der Waals surface area contributed by atoms with Crippen molar-refractivity contribution in [3.05, 3.63) is 36.5 Å². The number of aliphatic hydroxyl groups is 2. The third kappa shape index (κ3) is 65.1. The van der Waals surface area contributed by atoms with Gasteiger partial charge >= 0.3 is 5.97 Å². The number of hydrogen-bond acceptors (Lipinski definition) is 5. The Hall–Kier alpha value is -1.92. The van der Waals surface area contributed by atoms with Crippen LogP contribution in [0.25, 0.3) is 0 Å². The molecule has 6 nitrogen and oxygen atoms in total. The molecule has 0 aliphatic carbocycles. The van der Waals surface area contributed by atoms with Crippen LogP contribution in [-0.4, -0.2) is 47.4 Å². The second-order valence-electron chi connectivity index (χ2n) is 24.6. The van der Waals surface area contributed by atoms with Gasteiger partial charge in [0, 0.05) is 12.8 Å². The molecule has 0 heterocycles. The van der Waals surface area contributed by atoms with Gasteiger partial charge in [-0.25, -0.2) is 0 Å². The number of ether oxygens (including phenoxy) is 1. The van der Waals surface area contributed by atoms with E-state index >= 15 is 0 Å². The summed E-state index contributed by atoms with van der Waals surface area (Å²) in [6.07, 6.45) is 87.9. The number of hydrogen-bond donors (Lipinski definition) is 3. The lowest BCUT2D eigenvalue weighted by molar-refractivity contribution is -0.143. The average molecular weight is 1110 g/mol. The third-order valence-corrected chi connectivity index (χ3v) is 16.6. The van der Waals surface area contributed by atoms with Crippen molar-refractivity contribution in [1.29, 1.82) is 0 Å². The van der Waals surface area contributed by atoms with E-state index < -0.39 is 12.1 Å². The van der Waals surface area contributed by atoms with Gasteiger partial charge in [-0.3, -0.25) is 9.59 Å². The number of aliphatic hydroxyl groups excluding tert-OH is 2. The van der Waals surface area contributed by atoms with Crippen molar-refractivity contribution in [1.82, 2.24) is 5.32 Å². The molecule has 0 saturated heterocycles. The molecule has 0 aliphatic heterocycles. The number of carbonyl (C=O) groups excluding carboxylic acids is 2. The minimum absolute atomic E-state index is 0.00973. The lowest BCUT2D eigenvalue weighted by Crippen LogP contribution is -2.45. The molecule has 466 valence electrons. The smallest absolute Gasteiger partial charge is 0.305 e. The van der Waals surface area contributed by atoms with Gasteiger partial charge in [-0.05, 0) is 83.5 Å². The first-order valence-electron chi connectivity index (χ1n) is 35.8. The monoisotopic (exact) mass is 1110 g/mol. The van der Waals surface area contributed by atoms with Crippen molar-refractivity contribution < 1.29 is 24.5 Å². The van der Waals surface area contributed by atoms with E-state index in [1.807, 2.05) is 6.08 Å². The summed E-state index contributed by atoms with van der Waals surface area (Å²) < 4.78 is 5.50. The van der Waals surface area contributed by atoms with E-state index in [2.05, 4.69) is 43.5 Å². The Labute approximate surface area is 494 Å². The predicted octanol–water partition coefficient (Wildman–Crippen LogP) is 23.1. The zero-order valence-corrected chi connectivity index (χ0v) is 53.4. The van der Waals surface area contributed by atoms with E-state index in [0.717, 1.165) is 44.9 Å². The van der Waals surface area contributed by atoms with Crippen LogP contribution in [0.3, 0.4) is 0 Å². The summed E-state index contributed by atoms with van der Waals surface area (Å²) in [5.74, 6) is -0.0595. The quantitative estimate of drug-likeness (QED) is 0.0320. The topological polar surface area (TPSA) is 95.9 Å². The van der Waals surface area contributed by atoms with E-state index in [0.29, 0.717) is 19.4 Å². The predicted molar refractivity (Wildman–Crippen MR) is 347 cm³/mol. The highest BCUT2D eigenvalue weighted by Gasteiger charge is 2.18. The van der Waals surface area contributed by atoms with Crippen LogP contribution < -0.4 is 5.32 Å². The molecule has 0 aromatic rings. The first-order chi connectivity index (χ1) is 39.0. The fraction of sp³-hybridized carbons (Fsp3) is 0.890. The van der Waals surface area contributed by atoms with E-state index in [4.69, 9.17) is 4.74 Å². The Morgan fingerprint density at radius 1 is 0.342 bits per heavy atom. The molecule has 0 fully saturated rings. The first kappa shape index (κ1) is 77.1. The first-order valence-corrected chi connectivity index (χ1v) is 35.8. The second-order valence-corrected chi connectivity index (χ2v) is 24.6. The third-order valence-electron chi connectivity index (χ3n) is 16.6. The number of carbonyl (C=O) groups is 2. The number of esters is 1. The van der Waals surface area contributed by atoms with Gasteiger partial charge in [-0.2, -0.15) is 0 Å². The number of rotatable bonds is 67. The van der Waals surface area contributed by atoms with Crippen molar-refractivity contribution in [2.45, 2.75) is 405 Å². The molecule has 0 rings (SSSR count). The molecule has 0 bridgehead atoms. The Morgan fingerprint density at radius 3 is 0.899 bits per heavy atom. The maximum atomic E-state index is 12.5. The summed E-state index contributed by atoms with van der Waals surface area (Å²) in [7, 11) is 0. The molecule has 0 spiro atoms. The summed E-state index contributed by atoms with van der Waals surface area (Å²) in [5, 5.41) is 23.2. The van der Waals surface area contributed by atoms with E-state index in [9.17, 15) is 19.8 Å². The molecule has 0 aromatic carbocycles. The molecule has 6 heteroatoms. The molecule has 79 heavy (non-hydrogen) atoms. The summed E-state index contributed by atoms with van der Waals surface area (Å²) in [4.78, 5) is 24.6. The largest absolute Gasteiger partial charge is 0.466 e. The SMILES string of the molecule is CCCCCCCCC/C=C\CCCCCCCCCC(=O)OCCCCCCCCCCCCCC/C=C\CCCCCCCCCCC(=O)NC(CO)C(O)/C=C/CCCCCCCCCCCCCCCCCCCC. The number of allylic oxidation sites excluding steroid dienone is 5. The Balaban J connectivity index is 3.42. The van der Waals surface area contributed by atoms with Gasteiger partial charge in [0.15, 0.2) is 0 Å². The summed E-state index contributed by atoms with van der Waals surface area (Å²) >= 11 is 0. The van der Waals surface area contributed by atoms with Gasteiger partial charge in [0.2, 0.25) is 5.91 Å². The summed E-state index contributed by atoms with van der Waals surface area (Å²) in [6, 6.07) is -0.632. The molecule has 2 unspecified atom stereocenters. The van der Waals surface area contributed by atoms with Crippen LogP contribution in [0, 0.1) is 0 Å². The van der Waals surface area contributed by atoms with Crippen molar-refractivity contribution >= 4 is 11.9 Å². The molecule has 2 atom stereocenters. The molecular weight excluding hydrogens is 971 g/mol. The van der Waals surface area contributed by atoms with Crippen molar-refractivity contribution in [3.8, 4) is 0 Å². The van der Waals surface area contributed by atoms with Gasteiger partial charge < -0.3 is 20.3 Å². The molecule has 1 amide bonds. The molecule has 0 aromatic heterocycles. The molecule has 0 aliphatic rings. The van der Waals surface area contributed by atoms with Crippen molar-refractivity contribution in [2.75, 3.05) is 13.2 Å². The minimum Gasteiger partial charge on any atom is -0.466 e. The van der Waals surface area contributed by atoms with Gasteiger partial charge in [0.1, 0.15) is 0 Å². The summed E-state index contributed by atoms with van der Waals surface area (Å²) in [5.41, 5.74) is 0. The maximum Gasteiger partial charge on any atom is 0.305 e. The average Bonchev–Trinajstić information content (AvgIpc) is 3.45. The van der Waals surface area contributed by atoms with Crippen LogP contribution in [-0.2, 0) is 14.3 Å². The van der Waals surface area contributed by atoms with Gasteiger partial charge in [-0.15, -0.1) is 0 Å². The van der Waals surface area contributed by atoms with Crippen LogP contribution in [0.4, 0.5) is 0 Å². The van der Waals surface area contributed by atoms with Gasteiger partial charge in [0.25, 0.3) is 0 Å². The van der Waals surface area contributed by atoms with Gasteiger partial charge in [-0.1, -0.05) is 333 Å². The normalized spacial score (nSPS) is 12.7. The number of unbranched alkanes of at least 4 members (excludes halogenated alkanes) is 52. The van der Waals surface area contributed by atoms with Crippen LogP contribution in [0.2, 0.25) is 0 Å². The number of nitrogens with one attached hydrogen (secondary N) is 1. The highest BCUT2D eigenvalue weighted by molar-refractivity contribution is 5.76. The van der Waals surface area contributed by atoms with Crippen molar-refractivity contribution in [2.24, 2.45) is 0 Å². The Kier molecular flexibility index (Phi) is 66.9. The fourth-order valence-corrected chi connectivity index (χ4v) is 11.2. The van der Waals surface area contributed by atoms with E-state index in [1.165, 1.54) is 321 Å². The maximum absolute atomic E-state index is 12.5. The summed E-state index contributed by atoms with van der Waals surface area (Å²) in [6.45, 7) is 4.93. The van der Waals surface area contributed by atoms with Crippen LogP contribution in [0.15, 0.2) is 36.5 Å². The standard InChI is InChI=1S/C73H139NO5/c1-3-5-7-9-11-13-15-17-19-21-23-30-33-37-41-45-49-53-57-61-65-71(76)70(69-75)74-72(77)66-62-58-54-50-46-42-38-34-31-28-26-24-25-27-29-32-36-40-44-48-52-56-60-64-68-79-73(78)67-63-59-55-51-47-43-39-35-22-20-18-16-14-12-10-8-6-4-2/h20,22,26,28,61,65,70-71,75-76H,3-19,21,23-25,27,29-60,62-64,66-69H2,1-2H3,(H,74,77)/b22-20-,28-26-,65-61+. The van der Waals surface area contributed by atoms with Gasteiger partial charge in [0.05, 0.1) is 25.4 Å². The highest BCUT2D eigenvalue weighted by atomic mass is 16.5. The second kappa shape index (κ2) is 68.6. The zero-order chi connectivity index (χ0) is 57.1. The highest BCUT2D eigenvalue weighted by Crippen LogP contribution is 2.18. The lowest BCUT2D eigenvalue weighted by Gasteiger charge is -2.20. The zero-order valence-electron chi connectivity index (χ0n) is 53.4. The van der Waals surface area contributed by atoms with Crippen molar-refractivity contribution in [3.63, 3.8) is 0 Å². The minimum atomic E-state index is -0.849. The van der Waals surface area contributed by atoms with E-state index in [1.54, 1.807) is 6.08 Å². The molecular formula is C73H139NO5. The number of amides is 1. The Bertz CT molecular complexity index is 1280. The molecule has 0 radical (unpaired) electrons. The molecule has 0 saturated carbocycles. The molecule has 3 N–H and O–H groups in total. The fourth-order valence-electron chi connectivity index (χ4n) is 11.2. The van der Waals surface area contributed by atoms with Crippen LogP contribution in [0.5, 0.6) is 0 Å². The van der Waals surface area contributed by atoms with Crippen LogP contribution >= 0.6 is 0 Å².